The number of hydrogen-bond donors (Lipinski definition) is 1. The van der Waals surface area contributed by atoms with E-state index in [0.717, 1.165) is 30.0 Å². The number of hydrogen-bond acceptors (Lipinski definition) is 2. The van der Waals surface area contributed by atoms with Crippen molar-refractivity contribution in [3.05, 3.63) is 59.4 Å². The molecule has 0 aliphatic heterocycles. The first kappa shape index (κ1) is 14.0. The first-order valence-corrected chi connectivity index (χ1v) is 6.40. The highest BCUT2D eigenvalue weighted by Gasteiger charge is 2.16. The van der Waals surface area contributed by atoms with E-state index in [1.54, 1.807) is 6.07 Å². The Bertz CT molecular complexity index is 599. The Morgan fingerprint density at radius 2 is 1.79 bits per heavy atom. The van der Waals surface area contributed by atoms with Crippen LogP contribution in [0.25, 0.3) is 0 Å². The lowest BCUT2D eigenvalue weighted by Crippen LogP contribution is -1.97. The fourth-order valence-electron chi connectivity index (χ4n) is 1.63. The summed E-state index contributed by atoms with van der Waals surface area (Å²) in [5.74, 6) is -1.81. The summed E-state index contributed by atoms with van der Waals surface area (Å²) in [4.78, 5) is 0.0778. The molecule has 0 aliphatic carbocycles. The predicted molar refractivity (Wildman–Crippen MR) is 67.5 cm³/mol. The number of benzene rings is 2. The molecule has 5 heteroatoms. The molecule has 1 atom stereocenters. The van der Waals surface area contributed by atoms with Crippen molar-refractivity contribution in [2.24, 2.45) is 0 Å². The standard InChI is InChI=1S/C14H11F3OS/c1-8(18)10-3-2-4-12(17)14(10)19-13-7-9(15)5-6-11(13)16/h2-8,18H,1H3/t8-/m0/s1. The molecule has 100 valence electrons. The Labute approximate surface area is 113 Å². The van der Waals surface area contributed by atoms with Crippen molar-refractivity contribution in [1.29, 1.82) is 0 Å². The lowest BCUT2D eigenvalue weighted by molar-refractivity contribution is 0.195. The van der Waals surface area contributed by atoms with Crippen molar-refractivity contribution < 1.29 is 18.3 Å². The molecule has 1 N–H and O–H groups in total. The van der Waals surface area contributed by atoms with E-state index in [1.165, 1.54) is 19.1 Å². The van der Waals surface area contributed by atoms with Crippen LogP contribution in [0.1, 0.15) is 18.6 Å². The summed E-state index contributed by atoms with van der Waals surface area (Å²) in [5.41, 5.74) is 0.341. The van der Waals surface area contributed by atoms with Crippen molar-refractivity contribution >= 4 is 11.8 Å². The van der Waals surface area contributed by atoms with E-state index in [4.69, 9.17) is 0 Å². The van der Waals surface area contributed by atoms with Crippen molar-refractivity contribution in [1.82, 2.24) is 0 Å². The maximum Gasteiger partial charge on any atom is 0.137 e. The highest BCUT2D eigenvalue weighted by Crippen LogP contribution is 2.36. The molecule has 0 bridgehead atoms. The van der Waals surface area contributed by atoms with E-state index in [1.807, 2.05) is 0 Å². The molecule has 0 saturated heterocycles. The van der Waals surface area contributed by atoms with Crippen molar-refractivity contribution in [3.63, 3.8) is 0 Å². The van der Waals surface area contributed by atoms with Crippen LogP contribution in [0.4, 0.5) is 13.2 Å². The van der Waals surface area contributed by atoms with Gasteiger partial charge in [-0.05, 0) is 36.8 Å². The molecule has 0 aliphatic rings. The van der Waals surface area contributed by atoms with Crippen LogP contribution in [0, 0.1) is 17.5 Å². The van der Waals surface area contributed by atoms with Gasteiger partial charge < -0.3 is 5.11 Å². The highest BCUT2D eigenvalue weighted by atomic mass is 32.2. The minimum absolute atomic E-state index is 0.0213. The average Bonchev–Trinajstić information content (AvgIpc) is 2.35. The maximum atomic E-state index is 13.8. The van der Waals surface area contributed by atoms with Gasteiger partial charge in [-0.2, -0.15) is 0 Å². The van der Waals surface area contributed by atoms with E-state index in [9.17, 15) is 18.3 Å². The zero-order valence-electron chi connectivity index (χ0n) is 10.0. The van der Waals surface area contributed by atoms with Crippen molar-refractivity contribution in [2.45, 2.75) is 22.8 Å². The average molecular weight is 284 g/mol. The first-order chi connectivity index (χ1) is 8.99. The number of halogens is 3. The Morgan fingerprint density at radius 3 is 2.47 bits per heavy atom. The van der Waals surface area contributed by atoms with E-state index >= 15 is 0 Å². The molecule has 0 spiro atoms. The molecular weight excluding hydrogens is 273 g/mol. The lowest BCUT2D eigenvalue weighted by Gasteiger charge is -2.12. The summed E-state index contributed by atoms with van der Waals surface area (Å²) in [6.07, 6.45) is -0.894. The molecule has 0 aromatic heterocycles. The molecule has 1 nitrogen and oxygen atoms in total. The van der Waals surface area contributed by atoms with E-state index in [-0.39, 0.29) is 9.79 Å². The molecule has 0 radical (unpaired) electrons. The minimum atomic E-state index is -0.894. The van der Waals surface area contributed by atoms with E-state index in [0.29, 0.717) is 5.56 Å². The number of rotatable bonds is 3. The summed E-state index contributed by atoms with van der Waals surface area (Å²) in [6.45, 7) is 1.49. The van der Waals surface area contributed by atoms with Gasteiger partial charge in [0, 0.05) is 0 Å². The van der Waals surface area contributed by atoms with Gasteiger partial charge in [-0.3, -0.25) is 0 Å². The van der Waals surface area contributed by atoms with Crippen molar-refractivity contribution in [3.8, 4) is 0 Å². The summed E-state index contributed by atoms with van der Waals surface area (Å²) in [6, 6.07) is 7.21. The van der Waals surface area contributed by atoms with Gasteiger partial charge in [-0.25, -0.2) is 13.2 Å². The third-order valence-corrected chi connectivity index (χ3v) is 3.72. The van der Waals surface area contributed by atoms with Gasteiger partial charge in [0.1, 0.15) is 17.5 Å². The van der Waals surface area contributed by atoms with Gasteiger partial charge in [0.15, 0.2) is 0 Å². The normalized spacial score (nSPS) is 12.5. The second-order valence-electron chi connectivity index (χ2n) is 4.01. The Hall–Kier alpha value is -1.46. The van der Waals surface area contributed by atoms with Crippen LogP contribution in [0.5, 0.6) is 0 Å². The van der Waals surface area contributed by atoms with Crippen LogP contribution in [0.15, 0.2) is 46.2 Å². The van der Waals surface area contributed by atoms with Crippen LogP contribution < -0.4 is 0 Å². The molecule has 2 aromatic rings. The van der Waals surface area contributed by atoms with E-state index in [2.05, 4.69) is 0 Å². The Balaban J connectivity index is 2.46. The lowest BCUT2D eigenvalue weighted by atomic mass is 10.1. The Kier molecular flexibility index (Phi) is 4.17. The predicted octanol–water partition coefficient (Wildman–Crippen LogP) is 4.31. The summed E-state index contributed by atoms with van der Waals surface area (Å²) in [7, 11) is 0. The summed E-state index contributed by atoms with van der Waals surface area (Å²) >= 11 is 0.760. The van der Waals surface area contributed by atoms with Gasteiger partial charge in [0.25, 0.3) is 0 Å². The van der Waals surface area contributed by atoms with E-state index < -0.39 is 23.6 Å². The van der Waals surface area contributed by atoms with Crippen LogP contribution in [-0.4, -0.2) is 5.11 Å². The third-order valence-electron chi connectivity index (χ3n) is 2.55. The fraction of sp³-hybridized carbons (Fsp3) is 0.143. The monoisotopic (exact) mass is 284 g/mol. The molecule has 0 heterocycles. The SMILES string of the molecule is C[C@H](O)c1cccc(F)c1Sc1cc(F)ccc1F. The Morgan fingerprint density at radius 1 is 1.05 bits per heavy atom. The molecule has 0 amide bonds. The van der Waals surface area contributed by atoms with Gasteiger partial charge in [0.2, 0.25) is 0 Å². The molecule has 0 unspecified atom stereocenters. The molecule has 2 rings (SSSR count). The quantitative estimate of drug-likeness (QED) is 0.906. The van der Waals surface area contributed by atoms with Crippen LogP contribution in [0.3, 0.4) is 0 Å². The fourth-order valence-corrected chi connectivity index (χ4v) is 2.71. The molecule has 0 fully saturated rings. The topological polar surface area (TPSA) is 20.2 Å². The zero-order chi connectivity index (χ0) is 14.0. The third kappa shape index (κ3) is 3.11. The van der Waals surface area contributed by atoms with Crippen molar-refractivity contribution in [2.75, 3.05) is 0 Å². The van der Waals surface area contributed by atoms with Crippen LogP contribution >= 0.6 is 11.8 Å². The summed E-state index contributed by atoms with van der Waals surface area (Å²) < 4.78 is 40.4. The van der Waals surface area contributed by atoms with Gasteiger partial charge in [0.05, 0.1) is 15.9 Å². The van der Waals surface area contributed by atoms with Gasteiger partial charge in [-0.1, -0.05) is 23.9 Å². The molecular formula is C14H11F3OS. The minimum Gasteiger partial charge on any atom is -0.389 e. The van der Waals surface area contributed by atoms with Crippen LogP contribution in [0.2, 0.25) is 0 Å². The molecule has 0 saturated carbocycles. The zero-order valence-corrected chi connectivity index (χ0v) is 10.8. The first-order valence-electron chi connectivity index (χ1n) is 5.58. The second-order valence-corrected chi connectivity index (χ2v) is 5.06. The van der Waals surface area contributed by atoms with Gasteiger partial charge >= 0.3 is 0 Å². The highest BCUT2D eigenvalue weighted by molar-refractivity contribution is 7.99. The van der Waals surface area contributed by atoms with Gasteiger partial charge in [-0.15, -0.1) is 0 Å². The number of aliphatic hydroxyl groups is 1. The maximum absolute atomic E-state index is 13.8. The molecule has 2 aromatic carbocycles. The smallest absolute Gasteiger partial charge is 0.137 e. The number of aliphatic hydroxyl groups excluding tert-OH is 1. The largest absolute Gasteiger partial charge is 0.389 e. The second kappa shape index (κ2) is 5.67. The summed E-state index contributed by atoms with van der Waals surface area (Å²) in [5, 5.41) is 9.58. The molecule has 19 heavy (non-hydrogen) atoms. The van der Waals surface area contributed by atoms with Crippen LogP contribution in [-0.2, 0) is 0 Å².